The van der Waals surface area contributed by atoms with E-state index in [2.05, 4.69) is 15.2 Å². The van der Waals surface area contributed by atoms with E-state index in [9.17, 15) is 4.79 Å². The Morgan fingerprint density at radius 2 is 1.85 bits per heavy atom. The van der Waals surface area contributed by atoms with Gasteiger partial charge in [0, 0.05) is 36.4 Å². The van der Waals surface area contributed by atoms with Crippen molar-refractivity contribution >= 4 is 16.8 Å². The number of fused-ring (bicyclic) bond motifs is 1. The number of aromatic nitrogens is 2. The van der Waals surface area contributed by atoms with Crippen molar-refractivity contribution in [2.45, 2.75) is 12.8 Å². The van der Waals surface area contributed by atoms with Crippen LogP contribution in [-0.2, 0) is 0 Å². The monoisotopic (exact) mass is 346 g/mol. The van der Waals surface area contributed by atoms with Crippen LogP contribution in [0.15, 0.2) is 54.9 Å². The second kappa shape index (κ2) is 7.62. The fraction of sp³-hybridized carbons (Fsp3) is 0.286. The van der Waals surface area contributed by atoms with Gasteiger partial charge in [0.25, 0.3) is 5.91 Å². The van der Waals surface area contributed by atoms with Gasteiger partial charge in [-0.25, -0.2) is 4.98 Å². The molecule has 0 atom stereocenters. The van der Waals surface area contributed by atoms with Crippen LogP contribution in [0.3, 0.4) is 0 Å². The summed E-state index contributed by atoms with van der Waals surface area (Å²) >= 11 is 0. The number of carbonyl (C=O) groups excluding carboxylic acids is 1. The molecule has 0 radical (unpaired) electrons. The van der Waals surface area contributed by atoms with Crippen LogP contribution < -0.4 is 5.32 Å². The summed E-state index contributed by atoms with van der Waals surface area (Å²) in [6.45, 7) is 3.85. The van der Waals surface area contributed by atoms with Crippen molar-refractivity contribution in [3.05, 3.63) is 60.4 Å². The molecule has 1 aromatic carbocycles. The van der Waals surface area contributed by atoms with Crippen LogP contribution in [0.2, 0.25) is 0 Å². The van der Waals surface area contributed by atoms with Crippen LogP contribution in [0.25, 0.3) is 22.2 Å². The summed E-state index contributed by atoms with van der Waals surface area (Å²) in [6.07, 6.45) is 6.00. The average Bonchev–Trinajstić information content (AvgIpc) is 3.21. The number of amides is 1. The zero-order valence-electron chi connectivity index (χ0n) is 14.7. The molecule has 132 valence electrons. The molecule has 1 saturated heterocycles. The third-order valence-corrected chi connectivity index (χ3v) is 4.85. The molecule has 0 spiro atoms. The van der Waals surface area contributed by atoms with Crippen molar-refractivity contribution in [3.63, 3.8) is 0 Å². The van der Waals surface area contributed by atoms with Crippen molar-refractivity contribution in [1.29, 1.82) is 0 Å². The molecule has 2 aromatic heterocycles. The summed E-state index contributed by atoms with van der Waals surface area (Å²) in [7, 11) is 0. The Morgan fingerprint density at radius 3 is 2.65 bits per heavy atom. The average molecular weight is 346 g/mol. The highest BCUT2D eigenvalue weighted by Gasteiger charge is 2.15. The predicted molar refractivity (Wildman–Crippen MR) is 103 cm³/mol. The summed E-state index contributed by atoms with van der Waals surface area (Å²) in [6, 6.07) is 13.5. The van der Waals surface area contributed by atoms with E-state index in [1.807, 2.05) is 42.5 Å². The zero-order valence-corrected chi connectivity index (χ0v) is 14.7. The third kappa shape index (κ3) is 3.58. The number of benzene rings is 1. The molecule has 5 nitrogen and oxygen atoms in total. The first-order valence-electron chi connectivity index (χ1n) is 9.12. The molecule has 0 bridgehead atoms. The molecule has 1 aliphatic rings. The minimum absolute atomic E-state index is 0.0434. The summed E-state index contributed by atoms with van der Waals surface area (Å²) in [4.78, 5) is 24.0. The van der Waals surface area contributed by atoms with Gasteiger partial charge in [0.15, 0.2) is 0 Å². The summed E-state index contributed by atoms with van der Waals surface area (Å²) in [5.74, 6) is -0.0434. The maximum Gasteiger partial charge on any atom is 0.252 e. The Kier molecular flexibility index (Phi) is 4.88. The van der Waals surface area contributed by atoms with Gasteiger partial charge < -0.3 is 10.2 Å². The van der Waals surface area contributed by atoms with Crippen LogP contribution in [0, 0.1) is 0 Å². The molecular weight excluding hydrogens is 324 g/mol. The fourth-order valence-electron chi connectivity index (χ4n) is 3.46. The van der Waals surface area contributed by atoms with Crippen molar-refractivity contribution < 1.29 is 4.79 Å². The smallest absolute Gasteiger partial charge is 0.252 e. The summed E-state index contributed by atoms with van der Waals surface area (Å²) in [5.41, 5.74) is 3.24. The van der Waals surface area contributed by atoms with Crippen molar-refractivity contribution in [1.82, 2.24) is 20.2 Å². The standard InChI is InChI=1S/C21H22N4O/c26-21(23-11-14-25-12-3-4-13-25)18-15-20(16-7-9-22-10-8-16)24-19-6-2-1-5-17(18)19/h1-2,5-10,15H,3-4,11-14H2,(H,23,26). The van der Waals surface area contributed by atoms with E-state index in [-0.39, 0.29) is 5.91 Å². The Balaban J connectivity index is 1.61. The second-order valence-corrected chi connectivity index (χ2v) is 6.61. The molecule has 0 aliphatic carbocycles. The van der Waals surface area contributed by atoms with E-state index in [1.165, 1.54) is 12.8 Å². The van der Waals surface area contributed by atoms with Gasteiger partial charge in [0.05, 0.1) is 16.8 Å². The lowest BCUT2D eigenvalue weighted by Gasteiger charge is -2.15. The van der Waals surface area contributed by atoms with Gasteiger partial charge >= 0.3 is 0 Å². The van der Waals surface area contributed by atoms with E-state index in [0.29, 0.717) is 12.1 Å². The first-order chi connectivity index (χ1) is 12.8. The molecule has 1 fully saturated rings. The highest BCUT2D eigenvalue weighted by atomic mass is 16.1. The summed E-state index contributed by atoms with van der Waals surface area (Å²) < 4.78 is 0. The minimum Gasteiger partial charge on any atom is -0.351 e. The molecule has 1 aliphatic heterocycles. The minimum atomic E-state index is -0.0434. The van der Waals surface area contributed by atoms with Crippen molar-refractivity contribution in [2.24, 2.45) is 0 Å². The second-order valence-electron chi connectivity index (χ2n) is 6.61. The number of hydrogen-bond donors (Lipinski definition) is 1. The first kappa shape index (κ1) is 16.7. The normalized spacial score (nSPS) is 14.6. The van der Waals surface area contributed by atoms with E-state index < -0.39 is 0 Å². The number of nitrogens with one attached hydrogen (secondary N) is 1. The molecule has 0 saturated carbocycles. The van der Waals surface area contributed by atoms with Gasteiger partial charge in [0.1, 0.15) is 0 Å². The van der Waals surface area contributed by atoms with Crippen molar-refractivity contribution in [3.8, 4) is 11.3 Å². The molecule has 4 rings (SSSR count). The molecule has 3 aromatic rings. The van der Waals surface area contributed by atoms with Crippen LogP contribution in [-0.4, -0.2) is 47.0 Å². The summed E-state index contributed by atoms with van der Waals surface area (Å²) in [5, 5.41) is 3.95. The lowest BCUT2D eigenvalue weighted by Crippen LogP contribution is -2.33. The van der Waals surface area contributed by atoms with E-state index in [0.717, 1.165) is 41.8 Å². The van der Waals surface area contributed by atoms with Gasteiger partial charge in [-0.1, -0.05) is 18.2 Å². The Morgan fingerprint density at radius 1 is 1.08 bits per heavy atom. The topological polar surface area (TPSA) is 58.1 Å². The molecular formula is C21H22N4O. The number of pyridine rings is 2. The van der Waals surface area contributed by atoms with E-state index in [1.54, 1.807) is 12.4 Å². The predicted octanol–water partition coefficient (Wildman–Crippen LogP) is 3.12. The lowest BCUT2D eigenvalue weighted by atomic mass is 10.0. The third-order valence-electron chi connectivity index (χ3n) is 4.85. The van der Waals surface area contributed by atoms with Crippen LogP contribution in [0.5, 0.6) is 0 Å². The number of carbonyl (C=O) groups is 1. The van der Waals surface area contributed by atoms with Crippen LogP contribution in [0.4, 0.5) is 0 Å². The maximum absolute atomic E-state index is 12.8. The van der Waals surface area contributed by atoms with E-state index >= 15 is 0 Å². The SMILES string of the molecule is O=C(NCCN1CCCC1)c1cc(-c2ccncc2)nc2ccccc12. The zero-order chi connectivity index (χ0) is 17.8. The van der Waals surface area contributed by atoms with E-state index in [4.69, 9.17) is 4.98 Å². The number of nitrogens with zero attached hydrogens (tertiary/aromatic N) is 3. The number of likely N-dealkylation sites (tertiary alicyclic amines) is 1. The van der Waals surface area contributed by atoms with Crippen LogP contribution in [0.1, 0.15) is 23.2 Å². The Hall–Kier alpha value is -2.79. The quantitative estimate of drug-likeness (QED) is 0.771. The number of rotatable bonds is 5. The van der Waals surface area contributed by atoms with Crippen LogP contribution >= 0.6 is 0 Å². The van der Waals surface area contributed by atoms with Gasteiger partial charge in [-0.05, 0) is 50.2 Å². The van der Waals surface area contributed by atoms with Crippen molar-refractivity contribution in [2.75, 3.05) is 26.2 Å². The number of para-hydroxylation sites is 1. The number of hydrogen-bond acceptors (Lipinski definition) is 4. The van der Waals surface area contributed by atoms with Gasteiger partial charge in [-0.15, -0.1) is 0 Å². The van der Waals surface area contributed by atoms with Gasteiger partial charge in [-0.2, -0.15) is 0 Å². The molecule has 3 heterocycles. The largest absolute Gasteiger partial charge is 0.351 e. The molecule has 0 unspecified atom stereocenters. The maximum atomic E-state index is 12.8. The molecule has 5 heteroatoms. The Labute approximate surface area is 153 Å². The lowest BCUT2D eigenvalue weighted by molar-refractivity contribution is 0.0951. The van der Waals surface area contributed by atoms with Gasteiger partial charge in [-0.3, -0.25) is 9.78 Å². The molecule has 26 heavy (non-hydrogen) atoms. The highest BCUT2D eigenvalue weighted by molar-refractivity contribution is 6.07. The molecule has 1 N–H and O–H groups in total. The Bertz CT molecular complexity index is 904. The molecule has 1 amide bonds. The fourth-order valence-corrected chi connectivity index (χ4v) is 3.46. The highest BCUT2D eigenvalue weighted by Crippen LogP contribution is 2.24. The first-order valence-corrected chi connectivity index (χ1v) is 9.12. The van der Waals surface area contributed by atoms with Gasteiger partial charge in [0.2, 0.25) is 0 Å².